The molecule has 32 heavy (non-hydrogen) atoms. The van der Waals surface area contributed by atoms with Gasteiger partial charge in [-0.25, -0.2) is 23.1 Å². The van der Waals surface area contributed by atoms with Gasteiger partial charge in [-0.2, -0.15) is 4.98 Å². The van der Waals surface area contributed by atoms with Crippen molar-refractivity contribution in [3.05, 3.63) is 60.2 Å². The van der Waals surface area contributed by atoms with Crippen molar-refractivity contribution in [1.82, 2.24) is 19.5 Å². The number of morpholine rings is 1. The third kappa shape index (κ3) is 3.62. The molecule has 0 aliphatic carbocycles. The SMILES string of the molecule is Nc1ccc(-c2cc(-n3c(C(F)F)nc4ccccc43)nc(N3CCOCC3)n2)cc1F. The van der Waals surface area contributed by atoms with Gasteiger partial charge in [0.1, 0.15) is 11.6 Å². The van der Waals surface area contributed by atoms with Crippen molar-refractivity contribution in [2.75, 3.05) is 36.9 Å². The number of nitrogen functional groups attached to an aromatic ring is 1. The van der Waals surface area contributed by atoms with Crippen LogP contribution in [0.25, 0.3) is 28.1 Å². The second-order valence-electron chi connectivity index (χ2n) is 7.34. The fraction of sp³-hybridized carbons (Fsp3) is 0.227. The predicted octanol–water partition coefficient (Wildman–Crippen LogP) is 3.98. The standard InChI is InChI=1S/C22H19F3N6O/c23-14-11-13(5-6-15(14)26)17-12-19(29-22(28-17)30-7-9-32-10-8-30)31-18-4-2-1-3-16(18)27-21(31)20(24)25/h1-6,11-12,20H,7-10,26H2. The Morgan fingerprint density at radius 3 is 2.50 bits per heavy atom. The number of halogens is 3. The molecule has 4 aromatic rings. The second kappa shape index (κ2) is 8.12. The van der Waals surface area contributed by atoms with Crippen LogP contribution in [-0.2, 0) is 4.74 Å². The largest absolute Gasteiger partial charge is 0.396 e. The minimum absolute atomic E-state index is 0.0111. The van der Waals surface area contributed by atoms with Crippen LogP contribution >= 0.6 is 0 Å². The lowest BCUT2D eigenvalue weighted by Gasteiger charge is -2.27. The average molecular weight is 440 g/mol. The molecule has 1 aliphatic heterocycles. The molecular formula is C22H19F3N6O. The summed E-state index contributed by atoms with van der Waals surface area (Å²) in [6, 6.07) is 12.7. The van der Waals surface area contributed by atoms with E-state index < -0.39 is 18.1 Å². The van der Waals surface area contributed by atoms with Crippen LogP contribution in [0.15, 0.2) is 48.5 Å². The van der Waals surface area contributed by atoms with Gasteiger partial charge in [-0.3, -0.25) is 4.57 Å². The van der Waals surface area contributed by atoms with E-state index in [0.717, 1.165) is 0 Å². The molecule has 1 aliphatic rings. The Balaban J connectivity index is 1.74. The molecule has 3 heterocycles. The van der Waals surface area contributed by atoms with E-state index in [1.165, 1.54) is 16.7 Å². The normalized spacial score (nSPS) is 14.4. The number of hydrogen-bond acceptors (Lipinski definition) is 6. The maximum Gasteiger partial charge on any atom is 0.296 e. The summed E-state index contributed by atoms with van der Waals surface area (Å²) in [7, 11) is 0. The summed E-state index contributed by atoms with van der Waals surface area (Å²) in [6.45, 7) is 2.09. The van der Waals surface area contributed by atoms with Crippen molar-refractivity contribution in [3.8, 4) is 17.1 Å². The van der Waals surface area contributed by atoms with Crippen molar-refractivity contribution in [2.24, 2.45) is 0 Å². The number of aromatic nitrogens is 4. The predicted molar refractivity (Wildman–Crippen MR) is 114 cm³/mol. The first-order valence-corrected chi connectivity index (χ1v) is 10.0. The van der Waals surface area contributed by atoms with Crippen LogP contribution in [0.1, 0.15) is 12.2 Å². The highest BCUT2D eigenvalue weighted by atomic mass is 19.3. The van der Waals surface area contributed by atoms with Gasteiger partial charge in [-0.15, -0.1) is 0 Å². The number of benzene rings is 2. The number of alkyl halides is 2. The Hall–Kier alpha value is -3.66. The molecule has 2 N–H and O–H groups in total. The number of anilines is 2. The maximum absolute atomic E-state index is 14.2. The summed E-state index contributed by atoms with van der Waals surface area (Å²) in [6.07, 6.45) is -2.82. The summed E-state index contributed by atoms with van der Waals surface area (Å²) in [4.78, 5) is 15.2. The molecule has 2 aromatic heterocycles. The lowest BCUT2D eigenvalue weighted by atomic mass is 10.1. The molecule has 0 atom stereocenters. The number of ether oxygens (including phenoxy) is 1. The van der Waals surface area contributed by atoms with Crippen molar-refractivity contribution in [1.29, 1.82) is 0 Å². The van der Waals surface area contributed by atoms with Gasteiger partial charge in [-0.05, 0) is 24.3 Å². The Labute approximate surface area is 181 Å². The maximum atomic E-state index is 14.2. The van der Waals surface area contributed by atoms with Crippen molar-refractivity contribution in [3.63, 3.8) is 0 Å². The molecule has 164 valence electrons. The van der Waals surface area contributed by atoms with Crippen LogP contribution in [0.2, 0.25) is 0 Å². The fourth-order valence-electron chi connectivity index (χ4n) is 3.71. The van der Waals surface area contributed by atoms with Crippen molar-refractivity contribution in [2.45, 2.75) is 6.43 Å². The van der Waals surface area contributed by atoms with Crippen LogP contribution in [0.5, 0.6) is 0 Å². The topological polar surface area (TPSA) is 82.1 Å². The highest BCUT2D eigenvalue weighted by molar-refractivity contribution is 5.78. The summed E-state index contributed by atoms with van der Waals surface area (Å²) < 4.78 is 48.7. The molecule has 0 spiro atoms. The molecule has 10 heteroatoms. The Bertz CT molecular complexity index is 1290. The van der Waals surface area contributed by atoms with Gasteiger partial charge in [0, 0.05) is 24.7 Å². The van der Waals surface area contributed by atoms with Gasteiger partial charge in [0.15, 0.2) is 5.82 Å². The number of hydrogen-bond donors (Lipinski definition) is 1. The molecular weight excluding hydrogens is 421 g/mol. The second-order valence-corrected chi connectivity index (χ2v) is 7.34. The van der Waals surface area contributed by atoms with E-state index in [4.69, 9.17) is 10.5 Å². The van der Waals surface area contributed by atoms with Gasteiger partial charge in [0.25, 0.3) is 6.43 Å². The van der Waals surface area contributed by atoms with Crippen LogP contribution in [0, 0.1) is 5.82 Å². The van der Waals surface area contributed by atoms with Gasteiger partial charge in [0.05, 0.1) is 35.6 Å². The average Bonchev–Trinajstić information content (AvgIpc) is 3.21. The molecule has 0 amide bonds. The molecule has 0 bridgehead atoms. The number of para-hydroxylation sites is 2. The summed E-state index contributed by atoms with van der Waals surface area (Å²) in [5.41, 5.74) is 7.38. The Kier molecular flexibility index (Phi) is 5.14. The van der Waals surface area contributed by atoms with Crippen LogP contribution in [0.3, 0.4) is 0 Å². The first-order valence-electron chi connectivity index (χ1n) is 10.0. The Morgan fingerprint density at radius 1 is 0.969 bits per heavy atom. The molecule has 0 unspecified atom stereocenters. The van der Waals surface area contributed by atoms with Gasteiger partial charge >= 0.3 is 0 Å². The summed E-state index contributed by atoms with van der Waals surface area (Å²) in [5.74, 6) is -0.446. The smallest absolute Gasteiger partial charge is 0.296 e. The zero-order chi connectivity index (χ0) is 22.2. The van der Waals surface area contributed by atoms with E-state index in [1.54, 1.807) is 36.4 Å². The quantitative estimate of drug-likeness (QED) is 0.484. The van der Waals surface area contributed by atoms with E-state index in [9.17, 15) is 13.2 Å². The molecule has 0 radical (unpaired) electrons. The third-order valence-electron chi connectivity index (χ3n) is 5.30. The van der Waals surface area contributed by atoms with Crippen LogP contribution < -0.4 is 10.6 Å². The number of rotatable bonds is 4. The van der Waals surface area contributed by atoms with Crippen LogP contribution in [0.4, 0.5) is 24.8 Å². The molecule has 1 fully saturated rings. The monoisotopic (exact) mass is 440 g/mol. The molecule has 0 saturated carbocycles. The highest BCUT2D eigenvalue weighted by Gasteiger charge is 2.23. The minimum atomic E-state index is -2.82. The molecule has 1 saturated heterocycles. The third-order valence-corrected chi connectivity index (χ3v) is 5.30. The zero-order valence-electron chi connectivity index (χ0n) is 16.9. The number of fused-ring (bicyclic) bond motifs is 1. The fourth-order valence-corrected chi connectivity index (χ4v) is 3.71. The number of nitrogens with zero attached hydrogens (tertiary/aromatic N) is 5. The van der Waals surface area contributed by atoms with E-state index in [1.807, 2.05) is 4.90 Å². The van der Waals surface area contributed by atoms with Gasteiger partial charge in [0.2, 0.25) is 5.95 Å². The molecule has 2 aromatic carbocycles. The minimum Gasteiger partial charge on any atom is -0.396 e. The van der Waals surface area contributed by atoms with E-state index in [2.05, 4.69) is 15.0 Å². The first-order chi connectivity index (χ1) is 15.5. The van der Waals surface area contributed by atoms with E-state index in [0.29, 0.717) is 54.5 Å². The van der Waals surface area contributed by atoms with Gasteiger partial charge < -0.3 is 15.4 Å². The van der Waals surface area contributed by atoms with Crippen LogP contribution in [-0.4, -0.2) is 45.8 Å². The Morgan fingerprint density at radius 2 is 1.75 bits per heavy atom. The van der Waals surface area contributed by atoms with Gasteiger partial charge in [-0.1, -0.05) is 18.2 Å². The lowest BCUT2D eigenvalue weighted by molar-refractivity contribution is 0.122. The number of imidazole rings is 1. The first kappa shape index (κ1) is 20.3. The molecule has 5 rings (SSSR count). The summed E-state index contributed by atoms with van der Waals surface area (Å²) >= 11 is 0. The highest BCUT2D eigenvalue weighted by Crippen LogP contribution is 2.31. The summed E-state index contributed by atoms with van der Waals surface area (Å²) in [5, 5.41) is 0. The van der Waals surface area contributed by atoms with Crippen molar-refractivity contribution >= 4 is 22.7 Å². The number of nitrogens with two attached hydrogens (primary N) is 1. The van der Waals surface area contributed by atoms with E-state index in [-0.39, 0.29) is 11.5 Å². The zero-order valence-corrected chi connectivity index (χ0v) is 16.9. The van der Waals surface area contributed by atoms with E-state index >= 15 is 0 Å². The van der Waals surface area contributed by atoms with Crippen molar-refractivity contribution < 1.29 is 17.9 Å². The lowest BCUT2D eigenvalue weighted by Crippen LogP contribution is -2.37. The molecule has 7 nitrogen and oxygen atoms in total.